The van der Waals surface area contributed by atoms with E-state index in [4.69, 9.17) is 0 Å². The van der Waals surface area contributed by atoms with Gasteiger partial charge in [0.2, 0.25) is 0 Å². The van der Waals surface area contributed by atoms with Gasteiger partial charge in [0, 0.05) is 18.7 Å². The van der Waals surface area contributed by atoms with E-state index in [0.717, 1.165) is 29.0 Å². The molecule has 0 radical (unpaired) electrons. The normalized spacial score (nSPS) is 11.7. The smallest absolute Gasteiger partial charge is 0.352 e. The molecular formula is C19H18F3N3O. The lowest BCUT2D eigenvalue weighted by Crippen LogP contribution is -2.25. The summed E-state index contributed by atoms with van der Waals surface area (Å²) in [7, 11) is 0. The average molecular weight is 361 g/mol. The predicted octanol–water partition coefficient (Wildman–Crippen LogP) is 4.18. The molecule has 0 saturated carbocycles. The number of aromatic nitrogens is 2. The molecule has 136 valence electrons. The first-order valence-electron chi connectivity index (χ1n) is 8.23. The summed E-state index contributed by atoms with van der Waals surface area (Å²) >= 11 is 0. The summed E-state index contributed by atoms with van der Waals surface area (Å²) in [6.07, 6.45) is -3.71. The quantitative estimate of drug-likeness (QED) is 0.693. The van der Waals surface area contributed by atoms with Crippen molar-refractivity contribution in [2.45, 2.75) is 26.1 Å². The Bertz CT molecular complexity index is 914. The van der Waals surface area contributed by atoms with Crippen molar-refractivity contribution in [2.24, 2.45) is 0 Å². The summed E-state index contributed by atoms with van der Waals surface area (Å²) in [6, 6.07) is 12.0. The molecule has 3 rings (SSSR count). The van der Waals surface area contributed by atoms with Crippen LogP contribution in [-0.4, -0.2) is 22.0 Å². The number of nitrogens with zero attached hydrogens (tertiary/aromatic N) is 2. The van der Waals surface area contributed by atoms with E-state index in [1.807, 2.05) is 31.2 Å². The summed E-state index contributed by atoms with van der Waals surface area (Å²) in [5.74, 6) is 0.520. The number of carbonyl (C=O) groups is 1. The molecule has 0 aliphatic heterocycles. The number of hydrogen-bond donors (Lipinski definition) is 1. The number of imidazole rings is 1. The second-order valence-electron chi connectivity index (χ2n) is 5.98. The largest absolute Gasteiger partial charge is 0.416 e. The van der Waals surface area contributed by atoms with Crippen LogP contribution in [0.15, 0.2) is 48.5 Å². The van der Waals surface area contributed by atoms with E-state index in [9.17, 15) is 18.0 Å². The minimum atomic E-state index is -4.40. The van der Waals surface area contributed by atoms with Gasteiger partial charge in [-0.3, -0.25) is 4.79 Å². The standard InChI is InChI=1S/C19H18F3N3O/c1-13-24-16-5-2-3-6-17(16)25(13)12-4-11-23-18(26)14-7-9-15(10-8-14)19(20,21)22/h2-3,5-10H,4,11-12H2,1H3,(H,23,26). The average Bonchev–Trinajstić information content (AvgIpc) is 2.93. The Balaban J connectivity index is 1.54. The third-order valence-electron chi connectivity index (χ3n) is 4.16. The Morgan fingerprint density at radius 3 is 2.50 bits per heavy atom. The lowest BCUT2D eigenvalue weighted by molar-refractivity contribution is -0.137. The van der Waals surface area contributed by atoms with Gasteiger partial charge in [0.15, 0.2) is 0 Å². The Labute approximate surface area is 148 Å². The molecule has 1 N–H and O–H groups in total. The molecular weight excluding hydrogens is 343 g/mol. The molecule has 0 spiro atoms. The lowest BCUT2D eigenvalue weighted by atomic mass is 10.1. The van der Waals surface area contributed by atoms with E-state index in [1.165, 1.54) is 12.1 Å². The molecule has 1 heterocycles. The Kier molecular flexibility index (Phi) is 4.97. The van der Waals surface area contributed by atoms with Gasteiger partial charge in [-0.2, -0.15) is 13.2 Å². The maximum absolute atomic E-state index is 12.5. The van der Waals surface area contributed by atoms with Gasteiger partial charge in [0.05, 0.1) is 16.6 Å². The van der Waals surface area contributed by atoms with Crippen LogP contribution in [0, 0.1) is 6.92 Å². The highest BCUT2D eigenvalue weighted by Crippen LogP contribution is 2.29. The highest BCUT2D eigenvalue weighted by Gasteiger charge is 2.30. The number of para-hydroxylation sites is 2. The zero-order valence-corrected chi connectivity index (χ0v) is 14.2. The van der Waals surface area contributed by atoms with Crippen molar-refractivity contribution in [1.29, 1.82) is 0 Å². The molecule has 0 atom stereocenters. The number of benzene rings is 2. The molecule has 0 aliphatic rings. The minimum Gasteiger partial charge on any atom is -0.352 e. The monoisotopic (exact) mass is 361 g/mol. The van der Waals surface area contributed by atoms with Crippen LogP contribution < -0.4 is 5.32 Å². The SMILES string of the molecule is Cc1nc2ccccc2n1CCCNC(=O)c1ccc(C(F)(F)F)cc1. The number of alkyl halides is 3. The van der Waals surface area contributed by atoms with Crippen LogP contribution in [0.2, 0.25) is 0 Å². The van der Waals surface area contributed by atoms with Crippen LogP contribution >= 0.6 is 0 Å². The number of nitrogens with one attached hydrogen (secondary N) is 1. The van der Waals surface area contributed by atoms with Crippen molar-refractivity contribution < 1.29 is 18.0 Å². The number of amides is 1. The highest BCUT2D eigenvalue weighted by atomic mass is 19.4. The van der Waals surface area contributed by atoms with E-state index in [2.05, 4.69) is 14.9 Å². The zero-order valence-electron chi connectivity index (χ0n) is 14.2. The van der Waals surface area contributed by atoms with Gasteiger partial charge < -0.3 is 9.88 Å². The maximum Gasteiger partial charge on any atom is 0.416 e. The van der Waals surface area contributed by atoms with Crippen LogP contribution in [0.25, 0.3) is 11.0 Å². The van der Waals surface area contributed by atoms with Crippen LogP contribution in [0.3, 0.4) is 0 Å². The van der Waals surface area contributed by atoms with E-state index in [1.54, 1.807) is 0 Å². The highest BCUT2D eigenvalue weighted by molar-refractivity contribution is 5.94. The van der Waals surface area contributed by atoms with Crippen LogP contribution in [0.1, 0.15) is 28.2 Å². The fourth-order valence-corrected chi connectivity index (χ4v) is 2.83. The fourth-order valence-electron chi connectivity index (χ4n) is 2.83. The first-order chi connectivity index (χ1) is 12.4. The molecule has 0 saturated heterocycles. The summed E-state index contributed by atoms with van der Waals surface area (Å²) in [4.78, 5) is 16.5. The molecule has 7 heteroatoms. The first kappa shape index (κ1) is 18.0. The van der Waals surface area contributed by atoms with E-state index >= 15 is 0 Å². The van der Waals surface area contributed by atoms with Gasteiger partial charge in [-0.15, -0.1) is 0 Å². The maximum atomic E-state index is 12.5. The Hall–Kier alpha value is -2.83. The van der Waals surface area contributed by atoms with E-state index in [0.29, 0.717) is 19.5 Å². The van der Waals surface area contributed by atoms with Crippen molar-refractivity contribution in [1.82, 2.24) is 14.9 Å². The molecule has 4 nitrogen and oxygen atoms in total. The number of carbonyl (C=O) groups excluding carboxylic acids is 1. The Morgan fingerprint density at radius 2 is 1.81 bits per heavy atom. The van der Waals surface area contributed by atoms with Crippen molar-refractivity contribution in [3.05, 3.63) is 65.5 Å². The van der Waals surface area contributed by atoms with Gasteiger partial charge >= 0.3 is 6.18 Å². The third kappa shape index (κ3) is 3.87. The molecule has 1 aromatic heterocycles. The molecule has 0 aliphatic carbocycles. The van der Waals surface area contributed by atoms with Crippen molar-refractivity contribution >= 4 is 16.9 Å². The first-order valence-corrected chi connectivity index (χ1v) is 8.23. The van der Waals surface area contributed by atoms with E-state index in [-0.39, 0.29) is 11.5 Å². The molecule has 1 amide bonds. The number of fused-ring (bicyclic) bond motifs is 1. The van der Waals surface area contributed by atoms with E-state index < -0.39 is 11.7 Å². The van der Waals surface area contributed by atoms with Crippen molar-refractivity contribution in [3.8, 4) is 0 Å². The van der Waals surface area contributed by atoms with Crippen LogP contribution in [0.4, 0.5) is 13.2 Å². The zero-order chi connectivity index (χ0) is 18.7. The van der Waals surface area contributed by atoms with Crippen molar-refractivity contribution in [3.63, 3.8) is 0 Å². The number of aryl methyl sites for hydroxylation is 2. The second-order valence-corrected chi connectivity index (χ2v) is 5.98. The minimum absolute atomic E-state index is 0.210. The molecule has 0 fully saturated rings. The molecule has 26 heavy (non-hydrogen) atoms. The molecule has 3 aromatic rings. The van der Waals surface area contributed by atoms with Gasteiger partial charge in [-0.1, -0.05) is 12.1 Å². The molecule has 2 aromatic carbocycles. The van der Waals surface area contributed by atoms with Gasteiger partial charge in [-0.25, -0.2) is 4.98 Å². The topological polar surface area (TPSA) is 46.9 Å². The van der Waals surface area contributed by atoms with Gasteiger partial charge in [-0.05, 0) is 49.7 Å². The summed E-state index contributed by atoms with van der Waals surface area (Å²) in [5.41, 5.74) is 1.41. The van der Waals surface area contributed by atoms with Gasteiger partial charge in [0.25, 0.3) is 5.91 Å². The van der Waals surface area contributed by atoms with Crippen molar-refractivity contribution in [2.75, 3.05) is 6.54 Å². The lowest BCUT2D eigenvalue weighted by Gasteiger charge is -2.09. The summed E-state index contributed by atoms with van der Waals surface area (Å²) in [5, 5.41) is 2.73. The molecule has 0 unspecified atom stereocenters. The van der Waals surface area contributed by atoms with Crippen LogP contribution in [0.5, 0.6) is 0 Å². The predicted molar refractivity (Wildman–Crippen MR) is 92.9 cm³/mol. The van der Waals surface area contributed by atoms with Crippen LogP contribution in [-0.2, 0) is 12.7 Å². The number of hydrogen-bond acceptors (Lipinski definition) is 2. The fraction of sp³-hybridized carbons (Fsp3) is 0.263. The van der Waals surface area contributed by atoms with Gasteiger partial charge in [0.1, 0.15) is 5.82 Å². The Morgan fingerprint density at radius 1 is 1.12 bits per heavy atom. The third-order valence-corrected chi connectivity index (χ3v) is 4.16. The summed E-state index contributed by atoms with van der Waals surface area (Å²) in [6.45, 7) is 3.05. The summed E-state index contributed by atoms with van der Waals surface area (Å²) < 4.78 is 39.7. The number of rotatable bonds is 5. The second kappa shape index (κ2) is 7.19. The molecule has 0 bridgehead atoms. The number of halogens is 3.